The SMILES string of the molecule is O=C(Nc1ccc(Br)cc1)c1cc(-c2ccncc2)nc2ccccc12. The maximum atomic E-state index is 12.9. The molecule has 0 aliphatic rings. The largest absolute Gasteiger partial charge is 0.322 e. The molecule has 1 N–H and O–H groups in total. The molecule has 0 aliphatic heterocycles. The molecular weight excluding hydrogens is 390 g/mol. The number of benzene rings is 2. The second kappa shape index (κ2) is 7.06. The number of hydrogen-bond donors (Lipinski definition) is 1. The molecule has 2 aromatic carbocycles. The van der Waals surface area contributed by atoms with Crippen LogP contribution in [0.15, 0.2) is 83.6 Å². The van der Waals surface area contributed by atoms with Crippen LogP contribution in [-0.2, 0) is 0 Å². The lowest BCUT2D eigenvalue weighted by Gasteiger charge is -2.11. The predicted molar refractivity (Wildman–Crippen MR) is 107 cm³/mol. The normalized spacial score (nSPS) is 10.7. The van der Waals surface area contributed by atoms with E-state index >= 15 is 0 Å². The van der Waals surface area contributed by atoms with Crippen molar-refractivity contribution in [3.63, 3.8) is 0 Å². The molecule has 0 saturated carbocycles. The minimum absolute atomic E-state index is 0.166. The van der Waals surface area contributed by atoms with Gasteiger partial charge in [0.1, 0.15) is 0 Å². The number of fused-ring (bicyclic) bond motifs is 1. The second-order valence-electron chi connectivity index (χ2n) is 5.77. The van der Waals surface area contributed by atoms with Crippen LogP contribution in [0.2, 0.25) is 0 Å². The number of carbonyl (C=O) groups is 1. The molecule has 0 saturated heterocycles. The van der Waals surface area contributed by atoms with Gasteiger partial charge in [0.15, 0.2) is 0 Å². The summed E-state index contributed by atoms with van der Waals surface area (Å²) in [5, 5.41) is 3.78. The molecule has 2 heterocycles. The van der Waals surface area contributed by atoms with E-state index in [1.807, 2.05) is 66.7 Å². The van der Waals surface area contributed by atoms with Gasteiger partial charge in [-0.15, -0.1) is 0 Å². The van der Waals surface area contributed by atoms with E-state index in [2.05, 4.69) is 26.2 Å². The summed E-state index contributed by atoms with van der Waals surface area (Å²) in [4.78, 5) is 21.7. The first-order valence-electron chi connectivity index (χ1n) is 8.08. The summed E-state index contributed by atoms with van der Waals surface area (Å²) in [7, 11) is 0. The molecule has 126 valence electrons. The van der Waals surface area contributed by atoms with Crippen molar-refractivity contribution >= 4 is 38.4 Å². The van der Waals surface area contributed by atoms with E-state index in [0.29, 0.717) is 5.56 Å². The van der Waals surface area contributed by atoms with E-state index in [1.165, 1.54) is 0 Å². The summed E-state index contributed by atoms with van der Waals surface area (Å²) in [6.45, 7) is 0. The molecule has 0 bridgehead atoms. The Morgan fingerprint density at radius 3 is 2.42 bits per heavy atom. The van der Waals surface area contributed by atoms with Crippen molar-refractivity contribution in [2.45, 2.75) is 0 Å². The molecule has 26 heavy (non-hydrogen) atoms. The lowest BCUT2D eigenvalue weighted by Crippen LogP contribution is -2.13. The topological polar surface area (TPSA) is 54.9 Å². The smallest absolute Gasteiger partial charge is 0.256 e. The van der Waals surface area contributed by atoms with Crippen molar-refractivity contribution in [1.29, 1.82) is 0 Å². The highest BCUT2D eigenvalue weighted by Gasteiger charge is 2.14. The van der Waals surface area contributed by atoms with Crippen LogP contribution in [0.4, 0.5) is 5.69 Å². The number of anilines is 1. The van der Waals surface area contributed by atoms with Crippen molar-refractivity contribution in [3.05, 3.63) is 89.2 Å². The summed E-state index contributed by atoms with van der Waals surface area (Å²) >= 11 is 3.40. The van der Waals surface area contributed by atoms with Crippen LogP contribution in [0.25, 0.3) is 22.2 Å². The van der Waals surface area contributed by atoms with Crippen LogP contribution in [0, 0.1) is 0 Å². The maximum absolute atomic E-state index is 12.9. The van der Waals surface area contributed by atoms with Gasteiger partial charge in [-0.3, -0.25) is 9.78 Å². The number of halogens is 1. The number of aromatic nitrogens is 2. The summed E-state index contributed by atoms with van der Waals surface area (Å²) < 4.78 is 0.963. The fourth-order valence-electron chi connectivity index (χ4n) is 2.77. The van der Waals surface area contributed by atoms with Gasteiger partial charge >= 0.3 is 0 Å². The Balaban J connectivity index is 1.79. The standard InChI is InChI=1S/C21H14BrN3O/c22-15-5-7-16(8-6-15)24-21(26)18-13-20(14-9-11-23-12-10-14)25-19-4-2-1-3-17(18)19/h1-13H,(H,24,26). The van der Waals surface area contributed by atoms with E-state index in [1.54, 1.807) is 12.4 Å². The van der Waals surface area contributed by atoms with Crippen LogP contribution < -0.4 is 5.32 Å². The highest BCUT2D eigenvalue weighted by molar-refractivity contribution is 9.10. The van der Waals surface area contributed by atoms with Gasteiger partial charge in [-0.2, -0.15) is 0 Å². The predicted octanol–water partition coefficient (Wildman–Crippen LogP) is 5.31. The van der Waals surface area contributed by atoms with Crippen LogP contribution in [0.5, 0.6) is 0 Å². The third-order valence-corrected chi connectivity index (χ3v) is 4.57. The quantitative estimate of drug-likeness (QED) is 0.504. The molecule has 2 aromatic heterocycles. The summed E-state index contributed by atoms with van der Waals surface area (Å²) in [5.74, 6) is -0.166. The van der Waals surface area contributed by atoms with Gasteiger partial charge in [0.2, 0.25) is 0 Å². The Hall–Kier alpha value is -3.05. The monoisotopic (exact) mass is 403 g/mol. The van der Waals surface area contributed by atoms with E-state index in [4.69, 9.17) is 4.98 Å². The zero-order chi connectivity index (χ0) is 17.9. The van der Waals surface area contributed by atoms with Crippen LogP contribution >= 0.6 is 15.9 Å². The highest BCUT2D eigenvalue weighted by atomic mass is 79.9. The van der Waals surface area contributed by atoms with Crippen molar-refractivity contribution in [3.8, 4) is 11.3 Å². The summed E-state index contributed by atoms with van der Waals surface area (Å²) in [6, 6.07) is 20.7. The Bertz CT molecular complexity index is 1080. The zero-order valence-electron chi connectivity index (χ0n) is 13.7. The van der Waals surface area contributed by atoms with E-state index < -0.39 is 0 Å². The molecule has 0 unspecified atom stereocenters. The summed E-state index contributed by atoms with van der Waals surface area (Å²) in [6.07, 6.45) is 3.43. The number of hydrogen-bond acceptors (Lipinski definition) is 3. The molecule has 1 amide bonds. The Morgan fingerprint density at radius 1 is 0.923 bits per heavy atom. The number of para-hydroxylation sites is 1. The van der Waals surface area contributed by atoms with Gasteiger partial charge in [-0.05, 0) is 48.5 Å². The molecule has 4 aromatic rings. The number of nitrogens with one attached hydrogen (secondary N) is 1. The fraction of sp³-hybridized carbons (Fsp3) is 0. The van der Waals surface area contributed by atoms with Crippen molar-refractivity contribution < 1.29 is 4.79 Å². The summed E-state index contributed by atoms with van der Waals surface area (Å²) in [5.41, 5.74) is 3.77. The van der Waals surface area contributed by atoms with Crippen molar-refractivity contribution in [2.75, 3.05) is 5.32 Å². The number of carbonyl (C=O) groups excluding carboxylic acids is 1. The molecule has 0 radical (unpaired) electrons. The van der Waals surface area contributed by atoms with Gasteiger partial charge < -0.3 is 5.32 Å². The first-order valence-corrected chi connectivity index (χ1v) is 8.87. The van der Waals surface area contributed by atoms with Crippen LogP contribution in [0.3, 0.4) is 0 Å². The van der Waals surface area contributed by atoms with Gasteiger partial charge in [0, 0.05) is 33.5 Å². The number of rotatable bonds is 3. The van der Waals surface area contributed by atoms with Crippen molar-refractivity contribution in [2.24, 2.45) is 0 Å². The van der Waals surface area contributed by atoms with Crippen LogP contribution in [0.1, 0.15) is 10.4 Å². The van der Waals surface area contributed by atoms with E-state index in [-0.39, 0.29) is 5.91 Å². The number of pyridine rings is 2. The number of amides is 1. The molecular formula is C21H14BrN3O. The highest BCUT2D eigenvalue weighted by Crippen LogP contribution is 2.25. The van der Waals surface area contributed by atoms with Gasteiger partial charge in [-0.25, -0.2) is 4.98 Å². The minimum Gasteiger partial charge on any atom is -0.322 e. The first kappa shape index (κ1) is 16.4. The lowest BCUT2D eigenvalue weighted by molar-refractivity contribution is 0.102. The van der Waals surface area contributed by atoms with Crippen molar-refractivity contribution in [1.82, 2.24) is 9.97 Å². The van der Waals surface area contributed by atoms with E-state index in [0.717, 1.165) is 32.3 Å². The average Bonchev–Trinajstić information content (AvgIpc) is 2.69. The lowest BCUT2D eigenvalue weighted by atomic mass is 10.0. The first-order chi connectivity index (χ1) is 12.7. The van der Waals surface area contributed by atoms with E-state index in [9.17, 15) is 4.79 Å². The molecule has 0 fully saturated rings. The molecule has 5 heteroatoms. The third-order valence-electron chi connectivity index (χ3n) is 4.04. The molecule has 0 aliphatic carbocycles. The Kier molecular flexibility index (Phi) is 4.46. The molecule has 0 spiro atoms. The molecule has 4 nitrogen and oxygen atoms in total. The second-order valence-corrected chi connectivity index (χ2v) is 6.68. The van der Waals surface area contributed by atoms with Gasteiger partial charge in [0.05, 0.1) is 16.8 Å². The van der Waals surface area contributed by atoms with Gasteiger partial charge in [-0.1, -0.05) is 34.1 Å². The minimum atomic E-state index is -0.166. The van der Waals surface area contributed by atoms with Crippen LogP contribution in [-0.4, -0.2) is 15.9 Å². The fourth-order valence-corrected chi connectivity index (χ4v) is 3.03. The Labute approximate surface area is 159 Å². The molecule has 0 atom stereocenters. The average molecular weight is 404 g/mol. The molecule has 4 rings (SSSR count). The van der Waals surface area contributed by atoms with Gasteiger partial charge in [0.25, 0.3) is 5.91 Å². The maximum Gasteiger partial charge on any atom is 0.256 e. The third kappa shape index (κ3) is 3.34. The Morgan fingerprint density at radius 2 is 1.65 bits per heavy atom. The zero-order valence-corrected chi connectivity index (χ0v) is 15.3. The number of nitrogens with zero attached hydrogens (tertiary/aromatic N) is 2.